The first-order valence-corrected chi connectivity index (χ1v) is 14.2. The van der Waals surface area contributed by atoms with Crippen LogP contribution in [0.3, 0.4) is 0 Å². The van der Waals surface area contributed by atoms with Gasteiger partial charge < -0.3 is 15.2 Å². The van der Waals surface area contributed by atoms with E-state index in [0.717, 1.165) is 61.5 Å². The minimum atomic E-state index is -3.46. The number of allylic oxidation sites excluding steroid dienone is 3. The lowest BCUT2D eigenvalue weighted by molar-refractivity contribution is 0.315. The molecule has 8 heteroatoms. The molecule has 2 atom stereocenters. The molecule has 0 radical (unpaired) electrons. The second kappa shape index (κ2) is 13.3. The van der Waals surface area contributed by atoms with Crippen LogP contribution in [0, 0.1) is 5.92 Å². The highest BCUT2D eigenvalue weighted by atomic mass is 32.2. The summed E-state index contributed by atoms with van der Waals surface area (Å²) in [5, 5.41) is 14.3. The Morgan fingerprint density at radius 3 is 2.68 bits per heavy atom. The van der Waals surface area contributed by atoms with Crippen molar-refractivity contribution in [3.05, 3.63) is 47.1 Å². The van der Waals surface area contributed by atoms with Crippen molar-refractivity contribution in [1.29, 1.82) is 0 Å². The third-order valence-electron chi connectivity index (χ3n) is 6.05. The number of phenolic OH excluding ortho intramolecular Hbond substituents is 1. The van der Waals surface area contributed by atoms with Crippen LogP contribution >= 0.6 is 12.2 Å². The number of hydrogen-bond acceptors (Lipinski definition) is 6. The van der Waals surface area contributed by atoms with Crippen molar-refractivity contribution in [3.63, 3.8) is 0 Å². The van der Waals surface area contributed by atoms with E-state index in [4.69, 9.17) is 21.1 Å². The quantitative estimate of drug-likeness (QED) is 0.160. The number of hydrogen-bond donors (Lipinski definition) is 2. The Morgan fingerprint density at radius 1 is 1.29 bits per heavy atom. The first kappa shape index (κ1) is 28.3. The Hall–Kier alpha value is -1.90. The molecule has 1 aromatic carbocycles. The van der Waals surface area contributed by atoms with Crippen LogP contribution in [0.25, 0.3) is 0 Å². The molecule has 0 bridgehead atoms. The van der Waals surface area contributed by atoms with Crippen molar-refractivity contribution in [2.24, 2.45) is 5.92 Å². The zero-order chi connectivity index (χ0) is 25.3. The lowest BCUT2D eigenvalue weighted by Gasteiger charge is -2.32. The number of benzene rings is 1. The monoisotopic (exact) mass is 509 g/mol. The van der Waals surface area contributed by atoms with Crippen LogP contribution in [0.2, 0.25) is 0 Å². The third-order valence-corrected chi connectivity index (χ3v) is 6.88. The second-order valence-corrected chi connectivity index (χ2v) is 11.2. The van der Waals surface area contributed by atoms with E-state index in [0.29, 0.717) is 18.7 Å². The normalized spacial score (nSPS) is 18.3. The molecule has 0 aromatic heterocycles. The van der Waals surface area contributed by atoms with Gasteiger partial charge in [-0.15, -0.1) is 0 Å². The Morgan fingerprint density at radius 2 is 2.03 bits per heavy atom. The SMILES string of the molecule is C=C(C)[C@@H]1CCC(C)=C[C@H]1c1c(O)cc(CCCCC)cc1OC(=S)NCCCOS(C)(=O)=O. The van der Waals surface area contributed by atoms with Gasteiger partial charge in [-0.05, 0) is 81.8 Å². The highest BCUT2D eigenvalue weighted by Crippen LogP contribution is 2.47. The maximum atomic E-state index is 11.1. The smallest absolute Gasteiger partial charge is 0.264 e. The average Bonchev–Trinajstić information content (AvgIpc) is 2.72. The first-order chi connectivity index (χ1) is 16.0. The molecular formula is C26H39NO5S2. The molecule has 0 fully saturated rings. The number of aryl methyl sites for hydroxylation is 1. The van der Waals surface area contributed by atoms with Crippen LogP contribution in [0.4, 0.5) is 0 Å². The van der Waals surface area contributed by atoms with Gasteiger partial charge in [0.05, 0.1) is 12.9 Å². The summed E-state index contributed by atoms with van der Waals surface area (Å²) in [7, 11) is -3.46. The Labute approximate surface area is 210 Å². The summed E-state index contributed by atoms with van der Waals surface area (Å²) in [6, 6.07) is 3.84. The summed E-state index contributed by atoms with van der Waals surface area (Å²) < 4.78 is 33.0. The summed E-state index contributed by atoms with van der Waals surface area (Å²) >= 11 is 5.41. The Kier molecular flexibility index (Phi) is 11.1. The highest BCUT2D eigenvalue weighted by Gasteiger charge is 2.31. The number of nitrogens with one attached hydrogen (secondary N) is 1. The Bertz CT molecular complexity index is 1000. The number of ether oxygens (including phenoxy) is 1. The average molecular weight is 510 g/mol. The topological polar surface area (TPSA) is 84.9 Å². The number of aromatic hydroxyl groups is 1. The van der Waals surface area contributed by atoms with E-state index < -0.39 is 10.1 Å². The standard InChI is InChI=1S/C26H39NO5S2/c1-6-7-8-10-20-16-23(28)25(22-15-19(4)11-12-21(22)18(2)3)24(17-20)32-26(33)27-13-9-14-31-34(5,29)30/h15-17,21-22,28H,2,6-14H2,1,3-5H3,(H,27,33)/t21-,22+/m0/s1. The second-order valence-electron chi connectivity index (χ2n) is 9.21. The summed E-state index contributed by atoms with van der Waals surface area (Å²) in [6.45, 7) is 11.0. The lowest BCUT2D eigenvalue weighted by atomic mass is 9.73. The minimum absolute atomic E-state index is 0.0445. The van der Waals surface area contributed by atoms with Gasteiger partial charge in [-0.25, -0.2) is 0 Å². The highest BCUT2D eigenvalue weighted by molar-refractivity contribution is 7.86. The fourth-order valence-electron chi connectivity index (χ4n) is 4.33. The van der Waals surface area contributed by atoms with Crippen LogP contribution in [0.5, 0.6) is 11.5 Å². The molecule has 1 aliphatic rings. The molecule has 1 aromatic rings. The van der Waals surface area contributed by atoms with E-state index in [9.17, 15) is 13.5 Å². The molecule has 190 valence electrons. The van der Waals surface area contributed by atoms with E-state index in [2.05, 4.69) is 31.8 Å². The van der Waals surface area contributed by atoms with E-state index >= 15 is 0 Å². The van der Waals surface area contributed by atoms with Crippen molar-refractivity contribution < 1.29 is 22.4 Å². The summed E-state index contributed by atoms with van der Waals surface area (Å²) in [4.78, 5) is 0. The van der Waals surface area contributed by atoms with Gasteiger partial charge in [0.2, 0.25) is 0 Å². The van der Waals surface area contributed by atoms with Crippen LogP contribution < -0.4 is 10.1 Å². The van der Waals surface area contributed by atoms with Crippen molar-refractivity contribution in [2.45, 2.75) is 71.6 Å². The van der Waals surface area contributed by atoms with Crippen LogP contribution in [0.1, 0.15) is 76.3 Å². The van der Waals surface area contributed by atoms with E-state index in [1.807, 2.05) is 19.1 Å². The summed E-state index contributed by atoms with van der Waals surface area (Å²) in [6.07, 6.45) is 9.80. The molecule has 34 heavy (non-hydrogen) atoms. The molecule has 0 saturated carbocycles. The fraction of sp³-hybridized carbons (Fsp3) is 0.577. The molecule has 1 aliphatic carbocycles. The molecule has 0 unspecified atom stereocenters. The van der Waals surface area contributed by atoms with Crippen molar-refractivity contribution >= 4 is 27.5 Å². The summed E-state index contributed by atoms with van der Waals surface area (Å²) in [5.74, 6) is 0.934. The predicted molar refractivity (Wildman–Crippen MR) is 142 cm³/mol. The van der Waals surface area contributed by atoms with Gasteiger partial charge in [0.25, 0.3) is 15.3 Å². The zero-order valence-electron chi connectivity index (χ0n) is 20.9. The number of unbranched alkanes of at least 4 members (excludes halogenated alkanes) is 2. The number of phenols is 1. The van der Waals surface area contributed by atoms with E-state index in [1.54, 1.807) is 0 Å². The number of thiocarbonyl (C=S) groups is 1. The van der Waals surface area contributed by atoms with Crippen LogP contribution in [0.15, 0.2) is 35.9 Å². The lowest BCUT2D eigenvalue weighted by Crippen LogP contribution is -2.29. The summed E-state index contributed by atoms with van der Waals surface area (Å²) in [5.41, 5.74) is 4.11. The minimum Gasteiger partial charge on any atom is -0.507 e. The molecule has 0 saturated heterocycles. The molecule has 0 spiro atoms. The van der Waals surface area contributed by atoms with Gasteiger partial charge in [0, 0.05) is 18.0 Å². The van der Waals surface area contributed by atoms with Crippen molar-refractivity contribution in [2.75, 3.05) is 19.4 Å². The zero-order valence-corrected chi connectivity index (χ0v) is 22.5. The largest absolute Gasteiger partial charge is 0.507 e. The molecule has 6 nitrogen and oxygen atoms in total. The molecule has 0 amide bonds. The van der Waals surface area contributed by atoms with Crippen molar-refractivity contribution in [3.8, 4) is 11.5 Å². The van der Waals surface area contributed by atoms with Crippen LogP contribution in [-0.4, -0.2) is 38.1 Å². The van der Waals surface area contributed by atoms with E-state index in [1.165, 1.54) is 5.57 Å². The van der Waals surface area contributed by atoms with Crippen molar-refractivity contribution in [1.82, 2.24) is 5.32 Å². The maximum absolute atomic E-state index is 11.1. The molecule has 2 N–H and O–H groups in total. The molecule has 0 aliphatic heterocycles. The van der Waals surface area contributed by atoms with Gasteiger partial charge in [0.1, 0.15) is 11.5 Å². The van der Waals surface area contributed by atoms with Gasteiger partial charge in [-0.3, -0.25) is 4.18 Å². The molecule has 0 heterocycles. The Balaban J connectivity index is 2.26. The fourth-order valence-corrected chi connectivity index (χ4v) is 4.94. The third kappa shape index (κ3) is 9.04. The maximum Gasteiger partial charge on any atom is 0.264 e. The van der Waals surface area contributed by atoms with Crippen LogP contribution in [-0.2, 0) is 20.7 Å². The molecular weight excluding hydrogens is 470 g/mol. The predicted octanol–water partition coefficient (Wildman–Crippen LogP) is 5.76. The van der Waals surface area contributed by atoms with Gasteiger partial charge >= 0.3 is 0 Å². The molecule has 2 rings (SSSR count). The van der Waals surface area contributed by atoms with Gasteiger partial charge in [-0.2, -0.15) is 8.42 Å². The number of rotatable bonds is 12. The van der Waals surface area contributed by atoms with Gasteiger partial charge in [-0.1, -0.05) is 43.6 Å². The van der Waals surface area contributed by atoms with E-state index in [-0.39, 0.29) is 29.4 Å². The first-order valence-electron chi connectivity index (χ1n) is 12.0. The van der Waals surface area contributed by atoms with Gasteiger partial charge in [0.15, 0.2) is 0 Å².